The van der Waals surface area contributed by atoms with E-state index in [2.05, 4.69) is 30.4 Å². The molecular weight excluding hydrogens is 222 g/mol. The summed E-state index contributed by atoms with van der Waals surface area (Å²) >= 11 is 0. The van der Waals surface area contributed by atoms with Gasteiger partial charge in [0.2, 0.25) is 0 Å². The second kappa shape index (κ2) is 6.05. The minimum atomic E-state index is 0.232. The molecule has 1 fully saturated rings. The first-order valence-corrected chi connectivity index (χ1v) is 6.81. The smallest absolute Gasteiger partial charge is 0.119 e. The number of hydrogen-bond acceptors (Lipinski definition) is 2. The Kier molecular flexibility index (Phi) is 4.43. The molecule has 2 nitrogen and oxygen atoms in total. The lowest BCUT2D eigenvalue weighted by molar-refractivity contribution is 0.242. The van der Waals surface area contributed by atoms with E-state index in [-0.39, 0.29) is 6.10 Å². The maximum Gasteiger partial charge on any atom is 0.119 e. The number of rotatable bonds is 6. The average molecular weight is 245 g/mol. The fourth-order valence-electron chi connectivity index (χ4n) is 1.84. The van der Waals surface area contributed by atoms with Crippen molar-refractivity contribution in [1.82, 2.24) is 5.32 Å². The van der Waals surface area contributed by atoms with Crippen LogP contribution in [-0.4, -0.2) is 18.7 Å². The van der Waals surface area contributed by atoms with Gasteiger partial charge in [-0.3, -0.25) is 0 Å². The van der Waals surface area contributed by atoms with Crippen molar-refractivity contribution in [2.24, 2.45) is 0 Å². The molecule has 0 bridgehead atoms. The molecule has 0 unspecified atom stereocenters. The maximum atomic E-state index is 5.63. The third-order valence-electron chi connectivity index (χ3n) is 2.91. The highest BCUT2D eigenvalue weighted by Crippen LogP contribution is 2.19. The highest BCUT2D eigenvalue weighted by Gasteiger charge is 2.19. The molecule has 1 N–H and O–H groups in total. The number of hydrogen-bond donors (Lipinski definition) is 1. The lowest BCUT2D eigenvalue weighted by Gasteiger charge is -2.09. The first kappa shape index (κ1) is 13.2. The molecule has 0 aliphatic heterocycles. The standard InChI is InChI=1S/C16H23NO/c1-12(2)18-16-8-4-14(5-9-16)10-13(3)11-17-15-6-7-15/h4-5,8-10,12,15,17H,6-7,11H2,1-3H3. The van der Waals surface area contributed by atoms with Crippen molar-refractivity contribution >= 4 is 6.08 Å². The van der Waals surface area contributed by atoms with Crippen molar-refractivity contribution in [3.63, 3.8) is 0 Å². The average Bonchev–Trinajstić information content (AvgIpc) is 3.12. The van der Waals surface area contributed by atoms with E-state index in [1.807, 2.05) is 26.0 Å². The van der Waals surface area contributed by atoms with Crippen LogP contribution in [-0.2, 0) is 0 Å². The van der Waals surface area contributed by atoms with E-state index in [9.17, 15) is 0 Å². The van der Waals surface area contributed by atoms with Crippen LogP contribution in [0.25, 0.3) is 6.08 Å². The predicted octanol–water partition coefficient (Wildman–Crippen LogP) is 3.63. The zero-order chi connectivity index (χ0) is 13.0. The van der Waals surface area contributed by atoms with Gasteiger partial charge in [-0.25, -0.2) is 0 Å². The van der Waals surface area contributed by atoms with Crippen LogP contribution in [0.4, 0.5) is 0 Å². The molecule has 0 spiro atoms. The number of benzene rings is 1. The molecule has 1 aliphatic carbocycles. The van der Waals surface area contributed by atoms with Gasteiger partial charge in [-0.1, -0.05) is 23.8 Å². The van der Waals surface area contributed by atoms with E-state index in [1.165, 1.54) is 24.0 Å². The monoisotopic (exact) mass is 245 g/mol. The summed E-state index contributed by atoms with van der Waals surface area (Å²) in [7, 11) is 0. The summed E-state index contributed by atoms with van der Waals surface area (Å²) in [6.07, 6.45) is 5.15. The first-order chi connectivity index (χ1) is 8.63. The zero-order valence-electron chi connectivity index (χ0n) is 11.6. The molecule has 0 radical (unpaired) electrons. The van der Waals surface area contributed by atoms with E-state index in [0.717, 1.165) is 18.3 Å². The fraction of sp³-hybridized carbons (Fsp3) is 0.500. The molecule has 1 saturated carbocycles. The van der Waals surface area contributed by atoms with Gasteiger partial charge in [0.15, 0.2) is 0 Å². The van der Waals surface area contributed by atoms with Crippen LogP contribution >= 0.6 is 0 Å². The minimum Gasteiger partial charge on any atom is -0.491 e. The molecule has 0 atom stereocenters. The fourth-order valence-corrected chi connectivity index (χ4v) is 1.84. The van der Waals surface area contributed by atoms with Crippen molar-refractivity contribution in [3.8, 4) is 5.75 Å². The van der Waals surface area contributed by atoms with Crippen molar-refractivity contribution in [3.05, 3.63) is 35.4 Å². The highest BCUT2D eigenvalue weighted by atomic mass is 16.5. The van der Waals surface area contributed by atoms with Crippen LogP contribution in [0.3, 0.4) is 0 Å². The van der Waals surface area contributed by atoms with Crippen LogP contribution in [0.1, 0.15) is 39.2 Å². The summed E-state index contributed by atoms with van der Waals surface area (Å²) in [5.74, 6) is 0.941. The summed E-state index contributed by atoms with van der Waals surface area (Å²) in [4.78, 5) is 0. The molecule has 0 heterocycles. The van der Waals surface area contributed by atoms with Crippen molar-refractivity contribution in [2.45, 2.75) is 45.8 Å². The lowest BCUT2D eigenvalue weighted by Crippen LogP contribution is -2.18. The summed E-state index contributed by atoms with van der Waals surface area (Å²) < 4.78 is 5.63. The Hall–Kier alpha value is -1.28. The third kappa shape index (κ3) is 4.53. The molecule has 98 valence electrons. The predicted molar refractivity (Wildman–Crippen MR) is 76.9 cm³/mol. The molecule has 18 heavy (non-hydrogen) atoms. The van der Waals surface area contributed by atoms with Crippen LogP contribution in [0.15, 0.2) is 29.8 Å². The molecule has 1 aromatic rings. The Morgan fingerprint density at radius 2 is 2.00 bits per heavy atom. The van der Waals surface area contributed by atoms with Gasteiger partial charge in [0.05, 0.1) is 6.10 Å². The second-order valence-corrected chi connectivity index (χ2v) is 5.38. The molecule has 0 saturated heterocycles. The van der Waals surface area contributed by atoms with Gasteiger partial charge in [0, 0.05) is 12.6 Å². The second-order valence-electron chi connectivity index (χ2n) is 5.38. The van der Waals surface area contributed by atoms with E-state index < -0.39 is 0 Å². The summed E-state index contributed by atoms with van der Waals surface area (Å²) in [5.41, 5.74) is 2.61. The summed E-state index contributed by atoms with van der Waals surface area (Å²) in [5, 5.41) is 3.52. The van der Waals surface area contributed by atoms with Gasteiger partial charge in [-0.15, -0.1) is 0 Å². The lowest BCUT2D eigenvalue weighted by atomic mass is 10.1. The molecule has 2 rings (SSSR count). The molecule has 2 heteroatoms. The third-order valence-corrected chi connectivity index (χ3v) is 2.91. The molecular formula is C16H23NO. The van der Waals surface area contributed by atoms with Crippen LogP contribution < -0.4 is 10.1 Å². The normalized spacial score (nSPS) is 16.1. The zero-order valence-corrected chi connectivity index (χ0v) is 11.6. The van der Waals surface area contributed by atoms with Crippen molar-refractivity contribution in [1.29, 1.82) is 0 Å². The Morgan fingerprint density at radius 3 is 2.56 bits per heavy atom. The largest absolute Gasteiger partial charge is 0.491 e. The van der Waals surface area contributed by atoms with Crippen LogP contribution in [0.2, 0.25) is 0 Å². The molecule has 1 aromatic carbocycles. The minimum absolute atomic E-state index is 0.232. The van der Waals surface area contributed by atoms with Gasteiger partial charge in [0.25, 0.3) is 0 Å². The Morgan fingerprint density at radius 1 is 1.33 bits per heavy atom. The molecule has 0 aromatic heterocycles. The van der Waals surface area contributed by atoms with Crippen molar-refractivity contribution < 1.29 is 4.74 Å². The van der Waals surface area contributed by atoms with E-state index in [4.69, 9.17) is 4.74 Å². The van der Waals surface area contributed by atoms with Crippen LogP contribution in [0, 0.1) is 0 Å². The Labute approximate surface area is 110 Å². The Balaban J connectivity index is 1.89. The van der Waals surface area contributed by atoms with E-state index in [0.29, 0.717) is 0 Å². The molecule has 0 amide bonds. The SMILES string of the molecule is CC(=Cc1ccc(OC(C)C)cc1)CNC1CC1. The summed E-state index contributed by atoms with van der Waals surface area (Å²) in [6, 6.07) is 9.06. The Bertz CT molecular complexity index is 402. The quantitative estimate of drug-likeness (QED) is 0.826. The summed E-state index contributed by atoms with van der Waals surface area (Å²) in [6.45, 7) is 7.26. The highest BCUT2D eigenvalue weighted by molar-refractivity contribution is 5.53. The first-order valence-electron chi connectivity index (χ1n) is 6.81. The van der Waals surface area contributed by atoms with Gasteiger partial charge < -0.3 is 10.1 Å². The van der Waals surface area contributed by atoms with Gasteiger partial charge in [-0.2, -0.15) is 0 Å². The van der Waals surface area contributed by atoms with E-state index >= 15 is 0 Å². The molecule has 1 aliphatic rings. The van der Waals surface area contributed by atoms with Gasteiger partial charge in [0.1, 0.15) is 5.75 Å². The van der Waals surface area contributed by atoms with Crippen molar-refractivity contribution in [2.75, 3.05) is 6.54 Å². The number of ether oxygens (including phenoxy) is 1. The van der Waals surface area contributed by atoms with E-state index in [1.54, 1.807) is 0 Å². The van der Waals surface area contributed by atoms with Gasteiger partial charge >= 0.3 is 0 Å². The topological polar surface area (TPSA) is 21.3 Å². The maximum absolute atomic E-state index is 5.63. The van der Waals surface area contributed by atoms with Crippen LogP contribution in [0.5, 0.6) is 5.75 Å². The number of nitrogens with one attached hydrogen (secondary N) is 1. The van der Waals surface area contributed by atoms with Gasteiger partial charge in [-0.05, 0) is 51.3 Å².